The third kappa shape index (κ3) is 1.83. The van der Waals surface area contributed by atoms with E-state index in [-0.39, 0.29) is 0 Å². The topological polar surface area (TPSA) is 12.4 Å². The van der Waals surface area contributed by atoms with Crippen molar-refractivity contribution in [2.45, 2.75) is 37.0 Å². The number of aliphatic imine (C=N–C) groups is 1. The Labute approximate surface area is 95.0 Å². The molecule has 1 aliphatic carbocycles. The van der Waals surface area contributed by atoms with Crippen molar-refractivity contribution in [2.75, 3.05) is 0 Å². The maximum Gasteiger partial charge on any atom is 0.0984 e. The summed E-state index contributed by atoms with van der Waals surface area (Å²) in [6.45, 7) is 0. The molecule has 1 aromatic rings. The summed E-state index contributed by atoms with van der Waals surface area (Å²) in [5.41, 5.74) is 1.30. The molecule has 78 valence electrons. The van der Waals surface area contributed by atoms with Crippen LogP contribution in [0.1, 0.15) is 31.2 Å². The first-order valence-electron chi connectivity index (χ1n) is 5.73. The minimum absolute atomic E-state index is 0.610. The van der Waals surface area contributed by atoms with Gasteiger partial charge in [-0.05, 0) is 12.8 Å². The smallest absolute Gasteiger partial charge is 0.0984 e. The predicted octanol–water partition coefficient (Wildman–Crippen LogP) is 3.49. The van der Waals surface area contributed by atoms with Gasteiger partial charge >= 0.3 is 0 Å². The zero-order valence-electron chi connectivity index (χ0n) is 8.73. The molecule has 0 aromatic heterocycles. The van der Waals surface area contributed by atoms with Crippen molar-refractivity contribution in [3.63, 3.8) is 0 Å². The fraction of sp³-hybridized carbons (Fsp3) is 0.462. The van der Waals surface area contributed by atoms with E-state index in [9.17, 15) is 0 Å². The predicted molar refractivity (Wildman–Crippen MR) is 66.6 cm³/mol. The summed E-state index contributed by atoms with van der Waals surface area (Å²) >= 11 is 2.00. The Kier molecular flexibility index (Phi) is 2.53. The molecule has 1 nitrogen and oxygen atoms in total. The number of nitrogens with zero attached hydrogens (tertiary/aromatic N) is 1. The van der Waals surface area contributed by atoms with Crippen LogP contribution in [0.4, 0.5) is 0 Å². The number of hydrogen-bond donors (Lipinski definition) is 0. The zero-order chi connectivity index (χ0) is 10.1. The molecule has 0 N–H and O–H groups in total. The second kappa shape index (κ2) is 4.01. The summed E-state index contributed by atoms with van der Waals surface area (Å²) in [6, 6.07) is 11.2. The lowest BCUT2D eigenvalue weighted by Gasteiger charge is -2.21. The lowest BCUT2D eigenvalue weighted by Crippen LogP contribution is -2.21. The lowest BCUT2D eigenvalue weighted by molar-refractivity contribution is 0.462. The van der Waals surface area contributed by atoms with Gasteiger partial charge in [0.1, 0.15) is 0 Å². The van der Waals surface area contributed by atoms with Gasteiger partial charge in [0, 0.05) is 10.8 Å². The largest absolute Gasteiger partial charge is 0.273 e. The van der Waals surface area contributed by atoms with Gasteiger partial charge in [-0.2, -0.15) is 0 Å². The van der Waals surface area contributed by atoms with Crippen molar-refractivity contribution >= 4 is 16.8 Å². The van der Waals surface area contributed by atoms with Crippen molar-refractivity contribution in [3.05, 3.63) is 35.9 Å². The number of hydrogen-bond acceptors (Lipinski definition) is 2. The molecular formula is C13H15NS. The number of thioether (sulfide) groups is 1. The van der Waals surface area contributed by atoms with E-state index in [4.69, 9.17) is 4.99 Å². The molecule has 0 spiro atoms. The van der Waals surface area contributed by atoms with E-state index in [1.165, 1.54) is 36.3 Å². The maximum absolute atomic E-state index is 4.86. The molecule has 0 amide bonds. The van der Waals surface area contributed by atoms with Gasteiger partial charge in [-0.1, -0.05) is 43.2 Å². The molecule has 0 radical (unpaired) electrons. The molecule has 15 heavy (non-hydrogen) atoms. The average Bonchev–Trinajstić information content (AvgIpc) is 2.74. The van der Waals surface area contributed by atoms with Crippen LogP contribution in [-0.4, -0.2) is 16.3 Å². The summed E-state index contributed by atoms with van der Waals surface area (Å²) in [5, 5.41) is 2.04. The van der Waals surface area contributed by atoms with E-state index < -0.39 is 0 Å². The van der Waals surface area contributed by atoms with Crippen LogP contribution in [-0.2, 0) is 0 Å². The van der Waals surface area contributed by atoms with Crippen molar-refractivity contribution < 1.29 is 0 Å². The molecule has 2 aliphatic rings. The van der Waals surface area contributed by atoms with Crippen LogP contribution in [0.25, 0.3) is 0 Å². The summed E-state index contributed by atoms with van der Waals surface area (Å²) in [5.74, 6) is 0. The minimum atomic E-state index is 0.610. The van der Waals surface area contributed by atoms with Gasteiger partial charge in [0.2, 0.25) is 0 Å². The molecule has 1 heterocycles. The first kappa shape index (κ1) is 9.46. The second-order valence-corrected chi connectivity index (χ2v) is 5.54. The monoisotopic (exact) mass is 217 g/mol. The van der Waals surface area contributed by atoms with E-state index >= 15 is 0 Å². The number of rotatable bonds is 1. The number of benzene rings is 1. The molecule has 1 aliphatic heterocycles. The van der Waals surface area contributed by atoms with E-state index in [0.717, 1.165) is 5.25 Å². The molecule has 0 unspecified atom stereocenters. The molecule has 1 aromatic carbocycles. The SMILES string of the molecule is c1ccc(C2=N[C@H]3CCCC[C@@H]3S2)cc1. The Morgan fingerprint density at radius 1 is 1.07 bits per heavy atom. The Hall–Kier alpha value is -0.760. The van der Waals surface area contributed by atoms with Crippen LogP contribution in [0.15, 0.2) is 35.3 Å². The molecule has 2 heteroatoms. The van der Waals surface area contributed by atoms with Gasteiger partial charge in [-0.3, -0.25) is 4.99 Å². The quantitative estimate of drug-likeness (QED) is 0.701. The van der Waals surface area contributed by atoms with Gasteiger partial charge in [-0.15, -0.1) is 11.8 Å². The van der Waals surface area contributed by atoms with Crippen LogP contribution >= 0.6 is 11.8 Å². The van der Waals surface area contributed by atoms with Gasteiger partial charge in [0.15, 0.2) is 0 Å². The van der Waals surface area contributed by atoms with Gasteiger partial charge < -0.3 is 0 Å². The summed E-state index contributed by atoms with van der Waals surface area (Å²) < 4.78 is 0. The van der Waals surface area contributed by atoms with E-state index in [1.807, 2.05) is 11.8 Å². The molecule has 0 bridgehead atoms. The highest BCUT2D eigenvalue weighted by molar-refractivity contribution is 8.15. The van der Waals surface area contributed by atoms with Crippen molar-refractivity contribution in [1.82, 2.24) is 0 Å². The van der Waals surface area contributed by atoms with Crippen LogP contribution in [0.5, 0.6) is 0 Å². The number of fused-ring (bicyclic) bond motifs is 1. The fourth-order valence-corrected chi connectivity index (χ4v) is 3.80. The Bertz CT molecular complexity index is 371. The molecule has 0 saturated heterocycles. The molecule has 1 saturated carbocycles. The second-order valence-electron chi connectivity index (χ2n) is 4.31. The molecule has 1 fully saturated rings. The van der Waals surface area contributed by atoms with E-state index in [2.05, 4.69) is 30.3 Å². The third-order valence-corrected chi connectivity index (χ3v) is 4.65. The van der Waals surface area contributed by atoms with Crippen LogP contribution < -0.4 is 0 Å². The van der Waals surface area contributed by atoms with Crippen LogP contribution in [0, 0.1) is 0 Å². The zero-order valence-corrected chi connectivity index (χ0v) is 9.54. The van der Waals surface area contributed by atoms with E-state index in [1.54, 1.807) is 0 Å². The first-order valence-corrected chi connectivity index (χ1v) is 6.61. The van der Waals surface area contributed by atoms with Crippen molar-refractivity contribution in [3.8, 4) is 0 Å². The van der Waals surface area contributed by atoms with Crippen LogP contribution in [0.3, 0.4) is 0 Å². The van der Waals surface area contributed by atoms with Gasteiger partial charge in [-0.25, -0.2) is 0 Å². The molecular weight excluding hydrogens is 202 g/mol. The Balaban J connectivity index is 1.84. The van der Waals surface area contributed by atoms with Crippen molar-refractivity contribution in [2.24, 2.45) is 4.99 Å². The average molecular weight is 217 g/mol. The van der Waals surface area contributed by atoms with Gasteiger partial charge in [0.05, 0.1) is 11.1 Å². The summed E-state index contributed by atoms with van der Waals surface area (Å²) in [4.78, 5) is 4.86. The lowest BCUT2D eigenvalue weighted by atomic mass is 9.95. The minimum Gasteiger partial charge on any atom is -0.273 e. The highest BCUT2D eigenvalue weighted by Crippen LogP contribution is 2.38. The van der Waals surface area contributed by atoms with Crippen molar-refractivity contribution in [1.29, 1.82) is 0 Å². The highest BCUT2D eigenvalue weighted by Gasteiger charge is 2.32. The van der Waals surface area contributed by atoms with E-state index in [0.29, 0.717) is 6.04 Å². The van der Waals surface area contributed by atoms with Gasteiger partial charge in [0.25, 0.3) is 0 Å². The standard InChI is InChI=1S/C13H15NS/c1-2-6-10(7-3-1)13-14-11-8-4-5-9-12(11)15-13/h1-3,6-7,11-12H,4-5,8-9H2/t11-,12-/m0/s1. The Morgan fingerprint density at radius 3 is 2.67 bits per heavy atom. The van der Waals surface area contributed by atoms with Crippen LogP contribution in [0.2, 0.25) is 0 Å². The summed E-state index contributed by atoms with van der Waals surface area (Å²) in [7, 11) is 0. The Morgan fingerprint density at radius 2 is 1.87 bits per heavy atom. The summed E-state index contributed by atoms with van der Waals surface area (Å²) in [6.07, 6.45) is 5.42. The first-order chi connectivity index (χ1) is 7.43. The third-order valence-electron chi connectivity index (χ3n) is 3.23. The normalized spacial score (nSPS) is 29.7. The highest BCUT2D eigenvalue weighted by atomic mass is 32.2. The fourth-order valence-electron chi connectivity index (χ4n) is 2.41. The maximum atomic E-state index is 4.86. The molecule has 2 atom stereocenters. The molecule has 3 rings (SSSR count).